The van der Waals surface area contributed by atoms with E-state index in [0.29, 0.717) is 12.4 Å². The second kappa shape index (κ2) is 4.82. The highest BCUT2D eigenvalue weighted by molar-refractivity contribution is 5.91. The summed E-state index contributed by atoms with van der Waals surface area (Å²) in [5.41, 5.74) is 1.99. The van der Waals surface area contributed by atoms with Gasteiger partial charge in [0.1, 0.15) is 5.82 Å². The van der Waals surface area contributed by atoms with Gasteiger partial charge in [-0.1, -0.05) is 18.2 Å². The molecule has 4 nitrogen and oxygen atoms in total. The normalized spacial score (nSPS) is 10.2. The van der Waals surface area contributed by atoms with Gasteiger partial charge in [-0.05, 0) is 31.5 Å². The fraction of sp³-hybridized carbons (Fsp3) is 0.231. The summed E-state index contributed by atoms with van der Waals surface area (Å²) >= 11 is 0. The van der Waals surface area contributed by atoms with Crippen LogP contribution in [0.3, 0.4) is 0 Å². The van der Waals surface area contributed by atoms with Gasteiger partial charge < -0.3 is 5.32 Å². The maximum absolute atomic E-state index is 11.4. The van der Waals surface area contributed by atoms with Crippen molar-refractivity contribution in [3.63, 3.8) is 0 Å². The first-order valence-corrected chi connectivity index (χ1v) is 5.62. The topological polar surface area (TPSA) is 54.0 Å². The number of urea groups is 1. The van der Waals surface area contributed by atoms with Crippen LogP contribution in [0.5, 0.6) is 0 Å². The lowest BCUT2D eigenvalue weighted by molar-refractivity contribution is 0.252. The van der Waals surface area contributed by atoms with Crippen molar-refractivity contribution in [3.8, 4) is 0 Å². The van der Waals surface area contributed by atoms with Crippen LogP contribution < -0.4 is 10.6 Å². The summed E-state index contributed by atoms with van der Waals surface area (Å²) in [6.45, 7) is 4.48. The van der Waals surface area contributed by atoms with Crippen LogP contribution in [0.4, 0.5) is 10.6 Å². The maximum atomic E-state index is 11.4. The molecular formula is C13H15N3O. The molecule has 2 N–H and O–H groups in total. The number of rotatable bonds is 2. The number of amides is 2. The molecule has 0 spiro atoms. The van der Waals surface area contributed by atoms with E-state index >= 15 is 0 Å². The van der Waals surface area contributed by atoms with Crippen LogP contribution in [0.2, 0.25) is 0 Å². The Balaban J connectivity index is 2.33. The molecule has 2 rings (SSSR count). The first-order chi connectivity index (χ1) is 8.20. The summed E-state index contributed by atoms with van der Waals surface area (Å²) in [5.74, 6) is 0.576. The summed E-state index contributed by atoms with van der Waals surface area (Å²) in [6.07, 6.45) is 0. The first-order valence-electron chi connectivity index (χ1n) is 5.62. The van der Waals surface area contributed by atoms with Crippen molar-refractivity contribution in [3.05, 3.63) is 35.9 Å². The molecule has 0 aliphatic rings. The number of hydrogen-bond donors (Lipinski definition) is 2. The predicted octanol–water partition coefficient (Wildman–Crippen LogP) is 2.68. The molecule has 0 fully saturated rings. The van der Waals surface area contributed by atoms with E-state index in [9.17, 15) is 4.79 Å². The average molecular weight is 229 g/mol. The first kappa shape index (κ1) is 11.4. The largest absolute Gasteiger partial charge is 0.338 e. The molecular weight excluding hydrogens is 214 g/mol. The van der Waals surface area contributed by atoms with Gasteiger partial charge in [-0.2, -0.15) is 0 Å². The number of fused-ring (bicyclic) bond motifs is 1. The van der Waals surface area contributed by atoms with Gasteiger partial charge in [-0.3, -0.25) is 5.32 Å². The van der Waals surface area contributed by atoms with Crippen LogP contribution in [0.15, 0.2) is 30.3 Å². The number of benzene rings is 1. The minimum atomic E-state index is -0.227. The molecule has 1 aromatic heterocycles. The van der Waals surface area contributed by atoms with Gasteiger partial charge in [0.15, 0.2) is 0 Å². The Bertz CT molecular complexity index is 551. The number of nitrogens with one attached hydrogen (secondary N) is 2. The highest BCUT2D eigenvalue weighted by atomic mass is 16.2. The number of aryl methyl sites for hydroxylation is 1. The third-order valence-electron chi connectivity index (χ3n) is 2.50. The van der Waals surface area contributed by atoms with E-state index in [1.807, 2.05) is 44.2 Å². The molecule has 0 radical (unpaired) electrons. The van der Waals surface area contributed by atoms with Gasteiger partial charge in [0.25, 0.3) is 0 Å². The zero-order valence-corrected chi connectivity index (χ0v) is 9.95. The van der Waals surface area contributed by atoms with E-state index in [4.69, 9.17) is 0 Å². The molecule has 0 saturated carbocycles. The predicted molar refractivity (Wildman–Crippen MR) is 69.2 cm³/mol. The lowest BCUT2D eigenvalue weighted by atomic mass is 10.1. The number of para-hydroxylation sites is 1. The van der Waals surface area contributed by atoms with Crippen LogP contribution in [-0.2, 0) is 0 Å². The van der Waals surface area contributed by atoms with E-state index in [-0.39, 0.29) is 6.03 Å². The summed E-state index contributed by atoms with van der Waals surface area (Å²) in [5, 5.41) is 6.49. The molecule has 17 heavy (non-hydrogen) atoms. The van der Waals surface area contributed by atoms with E-state index in [1.165, 1.54) is 0 Å². The van der Waals surface area contributed by atoms with Crippen LogP contribution in [0.25, 0.3) is 10.9 Å². The van der Waals surface area contributed by atoms with Gasteiger partial charge in [0.05, 0.1) is 5.52 Å². The zero-order chi connectivity index (χ0) is 12.3. The molecule has 1 aromatic carbocycles. The third kappa shape index (κ3) is 2.53. The number of nitrogens with zero attached hydrogens (tertiary/aromatic N) is 1. The van der Waals surface area contributed by atoms with Crippen molar-refractivity contribution >= 4 is 22.8 Å². The van der Waals surface area contributed by atoms with Gasteiger partial charge in [-0.25, -0.2) is 9.78 Å². The lowest BCUT2D eigenvalue weighted by Gasteiger charge is -2.08. The van der Waals surface area contributed by atoms with Crippen molar-refractivity contribution < 1.29 is 4.79 Å². The quantitative estimate of drug-likeness (QED) is 0.831. The van der Waals surface area contributed by atoms with Gasteiger partial charge in [0, 0.05) is 11.9 Å². The molecule has 1 heterocycles. The van der Waals surface area contributed by atoms with Crippen molar-refractivity contribution in [1.29, 1.82) is 0 Å². The second-order valence-corrected chi connectivity index (χ2v) is 3.83. The summed E-state index contributed by atoms with van der Waals surface area (Å²) in [6, 6.07) is 9.52. The van der Waals surface area contributed by atoms with Crippen LogP contribution in [-0.4, -0.2) is 17.6 Å². The van der Waals surface area contributed by atoms with Gasteiger partial charge >= 0.3 is 6.03 Å². The number of aromatic nitrogens is 1. The summed E-state index contributed by atoms with van der Waals surface area (Å²) < 4.78 is 0. The monoisotopic (exact) mass is 229 g/mol. The van der Waals surface area contributed by atoms with E-state index in [1.54, 1.807) is 0 Å². The minimum Gasteiger partial charge on any atom is -0.338 e. The molecule has 4 heteroatoms. The smallest absolute Gasteiger partial charge is 0.320 e. The lowest BCUT2D eigenvalue weighted by Crippen LogP contribution is -2.28. The highest BCUT2D eigenvalue weighted by Gasteiger charge is 2.04. The minimum absolute atomic E-state index is 0.227. The second-order valence-electron chi connectivity index (χ2n) is 3.83. The molecule has 0 saturated heterocycles. The Morgan fingerprint density at radius 2 is 2.12 bits per heavy atom. The van der Waals surface area contributed by atoms with E-state index in [2.05, 4.69) is 15.6 Å². The highest BCUT2D eigenvalue weighted by Crippen LogP contribution is 2.19. The van der Waals surface area contributed by atoms with E-state index in [0.717, 1.165) is 16.5 Å². The molecule has 2 aromatic rings. The van der Waals surface area contributed by atoms with Crippen LogP contribution in [0.1, 0.15) is 12.5 Å². The zero-order valence-electron chi connectivity index (χ0n) is 9.95. The molecule has 0 unspecified atom stereocenters. The Labute approximate surface area is 100 Å². The van der Waals surface area contributed by atoms with Crippen molar-refractivity contribution in [2.45, 2.75) is 13.8 Å². The molecule has 0 aliphatic carbocycles. The number of hydrogen-bond acceptors (Lipinski definition) is 2. The Hall–Kier alpha value is -2.10. The SMILES string of the molecule is CCNC(=O)Nc1cc(C)c2ccccc2n1. The summed E-state index contributed by atoms with van der Waals surface area (Å²) in [4.78, 5) is 15.8. The Morgan fingerprint density at radius 3 is 2.88 bits per heavy atom. The van der Waals surface area contributed by atoms with E-state index < -0.39 is 0 Å². The fourth-order valence-corrected chi connectivity index (χ4v) is 1.73. The number of anilines is 1. The average Bonchev–Trinajstić information content (AvgIpc) is 2.29. The van der Waals surface area contributed by atoms with Crippen LogP contribution >= 0.6 is 0 Å². The third-order valence-corrected chi connectivity index (χ3v) is 2.50. The Kier molecular flexibility index (Phi) is 3.23. The van der Waals surface area contributed by atoms with Gasteiger partial charge in [-0.15, -0.1) is 0 Å². The molecule has 88 valence electrons. The fourth-order valence-electron chi connectivity index (χ4n) is 1.73. The molecule has 0 aliphatic heterocycles. The standard InChI is InChI=1S/C13H15N3O/c1-3-14-13(17)16-12-8-9(2)10-6-4-5-7-11(10)15-12/h4-8H,3H2,1-2H3,(H2,14,15,16,17). The number of pyridine rings is 1. The number of carbonyl (C=O) groups is 1. The summed E-state index contributed by atoms with van der Waals surface area (Å²) in [7, 11) is 0. The van der Waals surface area contributed by atoms with Crippen LogP contribution in [0, 0.1) is 6.92 Å². The van der Waals surface area contributed by atoms with Crippen molar-refractivity contribution in [2.24, 2.45) is 0 Å². The molecule has 2 amide bonds. The number of carbonyl (C=O) groups excluding carboxylic acids is 1. The van der Waals surface area contributed by atoms with Crippen molar-refractivity contribution in [2.75, 3.05) is 11.9 Å². The Morgan fingerprint density at radius 1 is 1.35 bits per heavy atom. The van der Waals surface area contributed by atoms with Gasteiger partial charge in [0.2, 0.25) is 0 Å². The molecule has 0 atom stereocenters. The maximum Gasteiger partial charge on any atom is 0.320 e. The van der Waals surface area contributed by atoms with Crippen molar-refractivity contribution in [1.82, 2.24) is 10.3 Å². The molecule has 0 bridgehead atoms.